The van der Waals surface area contributed by atoms with Gasteiger partial charge in [-0.05, 0) is 66.6 Å². The van der Waals surface area contributed by atoms with E-state index in [-0.39, 0.29) is 18.9 Å². The number of nitrogens with zero attached hydrogens (tertiary/aromatic N) is 1. The highest BCUT2D eigenvalue weighted by atomic mass is 79.9. The summed E-state index contributed by atoms with van der Waals surface area (Å²) in [6, 6.07) is 10.8. The molecule has 2 aromatic rings. The first kappa shape index (κ1) is 34.8. The largest absolute Gasteiger partial charge is 0.461 e. The minimum Gasteiger partial charge on any atom is -0.461 e. The van der Waals surface area contributed by atoms with Gasteiger partial charge in [0.2, 0.25) is 5.91 Å². The maximum Gasteiger partial charge on any atom is 0.417 e. The minimum atomic E-state index is -1.04. The summed E-state index contributed by atoms with van der Waals surface area (Å²) >= 11 is 3.62. The predicted molar refractivity (Wildman–Crippen MR) is 168 cm³/mol. The van der Waals surface area contributed by atoms with Crippen LogP contribution < -0.4 is 0 Å². The van der Waals surface area contributed by atoms with E-state index in [0.717, 1.165) is 54.3 Å². The second-order valence-corrected chi connectivity index (χ2v) is 13.3. The fourth-order valence-electron chi connectivity index (χ4n) is 6.17. The Morgan fingerprint density at radius 2 is 1.63 bits per heavy atom. The van der Waals surface area contributed by atoms with Gasteiger partial charge in [-0.2, -0.15) is 0 Å². The summed E-state index contributed by atoms with van der Waals surface area (Å²) in [7, 11) is 0. The Labute approximate surface area is 264 Å². The first-order valence-corrected chi connectivity index (χ1v) is 16.4. The molecule has 0 bridgehead atoms. The number of cyclic esters (lactones) is 1. The van der Waals surface area contributed by atoms with E-state index in [1.807, 2.05) is 58.0 Å². The molecule has 2 amide bonds. The molecule has 1 aromatic carbocycles. The number of imide groups is 1. The second kappa shape index (κ2) is 16.4. The third-order valence-corrected chi connectivity index (χ3v) is 8.72. The van der Waals surface area contributed by atoms with E-state index in [1.54, 1.807) is 6.07 Å². The van der Waals surface area contributed by atoms with E-state index in [1.165, 1.54) is 24.7 Å². The van der Waals surface area contributed by atoms with Crippen molar-refractivity contribution in [1.29, 1.82) is 0 Å². The number of rotatable bonds is 17. The van der Waals surface area contributed by atoms with E-state index in [2.05, 4.69) is 15.9 Å². The molecule has 0 spiro atoms. The monoisotopic (exact) mass is 661 g/mol. The van der Waals surface area contributed by atoms with Crippen LogP contribution >= 0.6 is 15.9 Å². The number of benzene rings is 1. The summed E-state index contributed by atoms with van der Waals surface area (Å²) < 4.78 is 18.5. The van der Waals surface area contributed by atoms with Crippen LogP contribution in [0, 0.1) is 11.8 Å². The van der Waals surface area contributed by atoms with Gasteiger partial charge in [0.25, 0.3) is 0 Å². The van der Waals surface area contributed by atoms with E-state index in [4.69, 9.17) is 19.0 Å². The van der Waals surface area contributed by atoms with Crippen molar-refractivity contribution in [2.24, 2.45) is 11.8 Å². The Bertz CT molecular complexity index is 1190. The van der Waals surface area contributed by atoms with Crippen molar-refractivity contribution >= 4 is 33.9 Å². The maximum atomic E-state index is 14.4. The van der Waals surface area contributed by atoms with Crippen LogP contribution in [0.25, 0.3) is 0 Å². The van der Waals surface area contributed by atoms with E-state index in [0.29, 0.717) is 12.2 Å². The van der Waals surface area contributed by atoms with Gasteiger partial charge >= 0.3 is 12.1 Å². The SMILES string of the molecule is CC(=O)O[C@@H](c1cc(Br)c(CCCCCCCCCCO)o1)[C@H](Cc1ccccc1)C(=O)N1C(=O)OC(C)(C)[C@H]1C(C)C. The number of hydrogen-bond donors (Lipinski definition) is 1. The molecule has 0 radical (unpaired) electrons. The van der Waals surface area contributed by atoms with Crippen LogP contribution in [0.5, 0.6) is 0 Å². The van der Waals surface area contributed by atoms with Crippen LogP contribution in [0.1, 0.15) is 109 Å². The lowest BCUT2D eigenvalue weighted by Gasteiger charge is -2.34. The fourth-order valence-corrected chi connectivity index (χ4v) is 6.67. The highest BCUT2D eigenvalue weighted by molar-refractivity contribution is 9.10. The number of carbonyl (C=O) groups excluding carboxylic acids is 3. The molecule has 1 saturated heterocycles. The Balaban J connectivity index is 1.85. The van der Waals surface area contributed by atoms with Gasteiger partial charge < -0.3 is 19.0 Å². The summed E-state index contributed by atoms with van der Waals surface area (Å²) in [6.07, 6.45) is 7.79. The van der Waals surface area contributed by atoms with Gasteiger partial charge in [0.1, 0.15) is 17.1 Å². The Morgan fingerprint density at radius 3 is 2.21 bits per heavy atom. The van der Waals surface area contributed by atoms with Crippen LogP contribution in [-0.4, -0.2) is 46.2 Å². The molecule has 8 nitrogen and oxygen atoms in total. The molecule has 1 aliphatic heterocycles. The lowest BCUT2D eigenvalue weighted by molar-refractivity contribution is -0.156. The quantitative estimate of drug-likeness (QED) is 0.135. The number of aryl methyl sites for hydroxylation is 1. The van der Waals surface area contributed by atoms with Crippen molar-refractivity contribution in [3.8, 4) is 0 Å². The number of unbranched alkanes of at least 4 members (excludes halogenated alkanes) is 7. The maximum absolute atomic E-state index is 14.4. The van der Waals surface area contributed by atoms with Gasteiger partial charge in [-0.15, -0.1) is 0 Å². The minimum absolute atomic E-state index is 0.0557. The molecule has 1 fully saturated rings. The Hall–Kier alpha value is -2.65. The number of halogens is 1. The lowest BCUT2D eigenvalue weighted by Crippen LogP contribution is -2.51. The predicted octanol–water partition coefficient (Wildman–Crippen LogP) is 7.94. The van der Waals surface area contributed by atoms with Crippen LogP contribution in [0.3, 0.4) is 0 Å². The van der Waals surface area contributed by atoms with Crippen LogP contribution in [-0.2, 0) is 31.9 Å². The third kappa shape index (κ3) is 9.67. The van der Waals surface area contributed by atoms with Gasteiger partial charge in [-0.1, -0.05) is 82.7 Å². The summed E-state index contributed by atoms with van der Waals surface area (Å²) in [5.41, 5.74) is 0.00301. The number of amides is 2. The van der Waals surface area contributed by atoms with Gasteiger partial charge in [0.15, 0.2) is 6.10 Å². The zero-order valence-electron chi connectivity index (χ0n) is 26.3. The highest BCUT2D eigenvalue weighted by Gasteiger charge is 2.54. The highest BCUT2D eigenvalue weighted by Crippen LogP contribution is 2.40. The van der Waals surface area contributed by atoms with Crippen molar-refractivity contribution in [3.63, 3.8) is 0 Å². The van der Waals surface area contributed by atoms with Crippen LogP contribution in [0.2, 0.25) is 0 Å². The number of aliphatic hydroxyl groups excluding tert-OH is 1. The average molecular weight is 663 g/mol. The zero-order chi connectivity index (χ0) is 31.6. The molecule has 3 atom stereocenters. The molecule has 0 unspecified atom stereocenters. The molecule has 43 heavy (non-hydrogen) atoms. The number of hydrogen-bond acceptors (Lipinski definition) is 7. The van der Waals surface area contributed by atoms with E-state index in [9.17, 15) is 14.4 Å². The molecule has 2 heterocycles. The van der Waals surface area contributed by atoms with Crippen molar-refractivity contribution in [2.75, 3.05) is 6.61 Å². The molecular formula is C34H48BrNO7. The summed E-state index contributed by atoms with van der Waals surface area (Å²) in [6.45, 7) is 9.11. The standard InChI is InChI=1S/C34H48BrNO7/c1-23(2)31-34(4,5)43-33(40)36(31)32(39)26(21-25-17-13-12-14-18-25)30(41-24(3)38)29-22-27(35)28(42-29)19-15-10-8-6-7-9-11-16-20-37/h12-14,17-18,22-23,26,30-31,37H,6-11,15-16,19-21H2,1-5H3/t26-,30+,31+/m0/s1. The zero-order valence-corrected chi connectivity index (χ0v) is 27.9. The third-order valence-electron chi connectivity index (χ3n) is 8.05. The second-order valence-electron chi connectivity index (χ2n) is 12.4. The van der Waals surface area contributed by atoms with Crippen molar-refractivity contribution in [3.05, 3.63) is 58.0 Å². The molecule has 1 aromatic heterocycles. The molecule has 0 saturated carbocycles. The van der Waals surface area contributed by atoms with E-state index >= 15 is 0 Å². The molecule has 3 rings (SSSR count). The van der Waals surface area contributed by atoms with Gasteiger partial charge in [-0.25, -0.2) is 9.69 Å². The van der Waals surface area contributed by atoms with Gasteiger partial charge in [-0.3, -0.25) is 9.59 Å². The topological polar surface area (TPSA) is 106 Å². The summed E-state index contributed by atoms with van der Waals surface area (Å²) in [5, 5.41) is 8.91. The first-order valence-electron chi connectivity index (χ1n) is 15.6. The first-order chi connectivity index (χ1) is 20.5. The summed E-state index contributed by atoms with van der Waals surface area (Å²) in [4.78, 5) is 41.1. The van der Waals surface area contributed by atoms with E-state index < -0.39 is 41.6 Å². The summed E-state index contributed by atoms with van der Waals surface area (Å²) in [5.74, 6) is -0.886. The molecule has 0 aliphatic carbocycles. The lowest BCUT2D eigenvalue weighted by atomic mass is 9.86. The average Bonchev–Trinajstić information content (AvgIpc) is 3.43. The number of carbonyl (C=O) groups is 3. The number of aliphatic hydroxyl groups is 1. The van der Waals surface area contributed by atoms with Crippen LogP contribution in [0.15, 0.2) is 45.3 Å². The number of esters is 1. The van der Waals surface area contributed by atoms with Gasteiger partial charge in [0.05, 0.1) is 16.4 Å². The van der Waals surface area contributed by atoms with Crippen molar-refractivity contribution in [2.45, 2.75) is 117 Å². The molecule has 238 valence electrons. The molecule has 1 N–H and O–H groups in total. The normalized spacial score (nSPS) is 17.6. The number of furan rings is 1. The van der Waals surface area contributed by atoms with Crippen LogP contribution in [0.4, 0.5) is 4.79 Å². The van der Waals surface area contributed by atoms with Gasteiger partial charge in [0, 0.05) is 20.0 Å². The Kier molecular flexibility index (Phi) is 13.3. The fraction of sp³-hybridized carbons (Fsp3) is 0.618. The molecule has 1 aliphatic rings. The Morgan fingerprint density at radius 1 is 1.02 bits per heavy atom. The smallest absolute Gasteiger partial charge is 0.417 e. The van der Waals surface area contributed by atoms with Crippen molar-refractivity contribution in [1.82, 2.24) is 4.90 Å². The molecular weight excluding hydrogens is 614 g/mol. The molecule has 9 heteroatoms. The number of ether oxygens (including phenoxy) is 2. The van der Waals surface area contributed by atoms with Crippen molar-refractivity contribution < 1.29 is 33.4 Å².